The van der Waals surface area contributed by atoms with E-state index in [4.69, 9.17) is 5.11 Å². The smallest absolute Gasteiger partial charge is 0.338 e. The van der Waals surface area contributed by atoms with E-state index in [2.05, 4.69) is 24.1 Å². The van der Waals surface area contributed by atoms with Crippen molar-refractivity contribution < 1.29 is 14.3 Å². The molecule has 0 aliphatic heterocycles. The van der Waals surface area contributed by atoms with Gasteiger partial charge in [-0.05, 0) is 37.2 Å². The zero-order valence-corrected chi connectivity index (χ0v) is 12.2. The summed E-state index contributed by atoms with van der Waals surface area (Å²) in [5.41, 5.74) is 0.472. The van der Waals surface area contributed by atoms with Gasteiger partial charge in [0.05, 0.1) is 5.56 Å². The highest BCUT2D eigenvalue weighted by Crippen LogP contribution is 2.10. The number of rotatable bonds is 9. The lowest BCUT2D eigenvalue weighted by atomic mass is 10.1. The Morgan fingerprint density at radius 1 is 1.35 bits per heavy atom. The van der Waals surface area contributed by atoms with Crippen LogP contribution >= 0.6 is 0 Å². The quantitative estimate of drug-likeness (QED) is 0.683. The third kappa shape index (κ3) is 5.27. The number of benzene rings is 1. The molecule has 0 amide bonds. The van der Waals surface area contributed by atoms with Crippen LogP contribution in [0.3, 0.4) is 0 Å². The summed E-state index contributed by atoms with van der Waals surface area (Å²) in [7, 11) is 0. The molecule has 1 rings (SSSR count). The van der Waals surface area contributed by atoms with E-state index in [-0.39, 0.29) is 5.56 Å². The molecule has 0 atom stereocenters. The molecule has 0 unspecified atom stereocenters. The van der Waals surface area contributed by atoms with E-state index in [0.29, 0.717) is 6.54 Å². The predicted molar refractivity (Wildman–Crippen MR) is 77.5 cm³/mol. The van der Waals surface area contributed by atoms with Gasteiger partial charge in [-0.25, -0.2) is 9.18 Å². The SMILES string of the molecule is CCCN(CC)CCNCc1ccc(C(=O)O)c(F)c1. The molecule has 0 radical (unpaired) electrons. The van der Waals surface area contributed by atoms with Gasteiger partial charge in [-0.1, -0.05) is 19.9 Å². The predicted octanol–water partition coefficient (Wildman–Crippen LogP) is 2.35. The fourth-order valence-corrected chi connectivity index (χ4v) is 2.06. The average Bonchev–Trinajstić information content (AvgIpc) is 2.42. The minimum atomic E-state index is -1.24. The summed E-state index contributed by atoms with van der Waals surface area (Å²) in [6.45, 7) is 8.73. The van der Waals surface area contributed by atoms with Crippen LogP contribution in [0.1, 0.15) is 36.2 Å². The third-order valence-electron chi connectivity index (χ3n) is 3.18. The van der Waals surface area contributed by atoms with Crippen LogP contribution in [0.15, 0.2) is 18.2 Å². The van der Waals surface area contributed by atoms with Gasteiger partial charge in [0.1, 0.15) is 5.82 Å². The molecule has 0 aliphatic carbocycles. The highest BCUT2D eigenvalue weighted by atomic mass is 19.1. The van der Waals surface area contributed by atoms with Crippen molar-refractivity contribution in [3.8, 4) is 0 Å². The molecule has 2 N–H and O–H groups in total. The zero-order valence-electron chi connectivity index (χ0n) is 12.2. The molecule has 1 aromatic carbocycles. The fourth-order valence-electron chi connectivity index (χ4n) is 2.06. The lowest BCUT2D eigenvalue weighted by Gasteiger charge is -2.19. The summed E-state index contributed by atoms with van der Waals surface area (Å²) in [6.07, 6.45) is 1.13. The fraction of sp³-hybridized carbons (Fsp3) is 0.533. The number of carbonyl (C=O) groups is 1. The molecule has 0 fully saturated rings. The number of carboxylic acid groups (broad SMARTS) is 1. The monoisotopic (exact) mass is 282 g/mol. The van der Waals surface area contributed by atoms with Crippen molar-refractivity contribution in [1.82, 2.24) is 10.2 Å². The average molecular weight is 282 g/mol. The van der Waals surface area contributed by atoms with Crippen LogP contribution in [0.2, 0.25) is 0 Å². The number of nitrogens with one attached hydrogen (secondary N) is 1. The molecule has 0 spiro atoms. The van der Waals surface area contributed by atoms with E-state index in [1.54, 1.807) is 6.07 Å². The van der Waals surface area contributed by atoms with Crippen molar-refractivity contribution in [2.24, 2.45) is 0 Å². The van der Waals surface area contributed by atoms with Crippen molar-refractivity contribution in [3.05, 3.63) is 35.1 Å². The summed E-state index contributed by atoms with van der Waals surface area (Å²) < 4.78 is 13.5. The Morgan fingerprint density at radius 2 is 2.10 bits per heavy atom. The van der Waals surface area contributed by atoms with Crippen LogP contribution in [0.5, 0.6) is 0 Å². The van der Waals surface area contributed by atoms with E-state index in [0.717, 1.165) is 38.2 Å². The molecule has 5 heteroatoms. The van der Waals surface area contributed by atoms with Crippen molar-refractivity contribution in [2.75, 3.05) is 26.2 Å². The number of halogens is 1. The number of hydrogen-bond donors (Lipinski definition) is 2. The molecule has 0 heterocycles. The van der Waals surface area contributed by atoms with Gasteiger partial charge >= 0.3 is 5.97 Å². The van der Waals surface area contributed by atoms with Crippen LogP contribution in [-0.4, -0.2) is 42.2 Å². The van der Waals surface area contributed by atoms with Crippen molar-refractivity contribution in [3.63, 3.8) is 0 Å². The first-order valence-corrected chi connectivity index (χ1v) is 7.03. The maximum atomic E-state index is 13.5. The molecule has 0 aromatic heterocycles. The topological polar surface area (TPSA) is 52.6 Å². The molecule has 0 saturated carbocycles. The van der Waals surface area contributed by atoms with E-state index in [1.807, 2.05) is 0 Å². The lowest BCUT2D eigenvalue weighted by Crippen LogP contribution is -2.32. The van der Waals surface area contributed by atoms with Crippen LogP contribution in [0.25, 0.3) is 0 Å². The Bertz CT molecular complexity index is 438. The molecular formula is C15H23FN2O2. The Balaban J connectivity index is 2.39. The van der Waals surface area contributed by atoms with Crippen molar-refractivity contribution >= 4 is 5.97 Å². The van der Waals surface area contributed by atoms with Crippen molar-refractivity contribution in [2.45, 2.75) is 26.8 Å². The largest absolute Gasteiger partial charge is 0.478 e. The van der Waals surface area contributed by atoms with E-state index in [1.165, 1.54) is 12.1 Å². The highest BCUT2D eigenvalue weighted by Gasteiger charge is 2.10. The van der Waals surface area contributed by atoms with Gasteiger partial charge in [0, 0.05) is 19.6 Å². The second-order valence-corrected chi connectivity index (χ2v) is 4.73. The first-order valence-electron chi connectivity index (χ1n) is 7.03. The number of aromatic carboxylic acids is 1. The Hall–Kier alpha value is -1.46. The van der Waals surface area contributed by atoms with Gasteiger partial charge in [-0.2, -0.15) is 0 Å². The number of hydrogen-bond acceptors (Lipinski definition) is 3. The van der Waals surface area contributed by atoms with Crippen LogP contribution in [-0.2, 0) is 6.54 Å². The van der Waals surface area contributed by atoms with Gasteiger partial charge in [-0.3, -0.25) is 0 Å². The molecular weight excluding hydrogens is 259 g/mol. The number of nitrogens with zero attached hydrogens (tertiary/aromatic N) is 1. The maximum Gasteiger partial charge on any atom is 0.338 e. The normalized spacial score (nSPS) is 11.0. The second kappa shape index (κ2) is 8.66. The molecule has 0 bridgehead atoms. The van der Waals surface area contributed by atoms with Gasteiger partial charge in [0.2, 0.25) is 0 Å². The third-order valence-corrected chi connectivity index (χ3v) is 3.18. The highest BCUT2D eigenvalue weighted by molar-refractivity contribution is 5.87. The minimum absolute atomic E-state index is 0.283. The molecule has 4 nitrogen and oxygen atoms in total. The Kier molecular flexibility index (Phi) is 7.18. The maximum absolute atomic E-state index is 13.5. The molecule has 112 valence electrons. The number of carboxylic acids is 1. The standard InChI is InChI=1S/C15H23FN2O2/c1-3-8-18(4-2)9-7-17-11-12-5-6-13(15(19)20)14(16)10-12/h5-6,10,17H,3-4,7-9,11H2,1-2H3,(H,19,20). The lowest BCUT2D eigenvalue weighted by molar-refractivity contribution is 0.0692. The first kappa shape index (κ1) is 16.6. The molecule has 20 heavy (non-hydrogen) atoms. The summed E-state index contributed by atoms with van der Waals surface area (Å²) >= 11 is 0. The van der Waals surface area contributed by atoms with Crippen LogP contribution in [0.4, 0.5) is 4.39 Å². The van der Waals surface area contributed by atoms with Gasteiger partial charge in [0.15, 0.2) is 0 Å². The van der Waals surface area contributed by atoms with Crippen LogP contribution in [0, 0.1) is 5.82 Å². The Labute approximate surface area is 119 Å². The van der Waals surface area contributed by atoms with E-state index < -0.39 is 11.8 Å². The van der Waals surface area contributed by atoms with Gasteiger partial charge in [-0.15, -0.1) is 0 Å². The molecule has 0 saturated heterocycles. The summed E-state index contributed by atoms with van der Waals surface area (Å²) in [5.74, 6) is -1.92. The van der Waals surface area contributed by atoms with E-state index >= 15 is 0 Å². The van der Waals surface area contributed by atoms with Gasteiger partial charge in [0.25, 0.3) is 0 Å². The molecule has 1 aromatic rings. The summed E-state index contributed by atoms with van der Waals surface area (Å²) in [4.78, 5) is 13.1. The summed E-state index contributed by atoms with van der Waals surface area (Å²) in [6, 6.07) is 4.23. The summed E-state index contributed by atoms with van der Waals surface area (Å²) in [5, 5.41) is 12.0. The van der Waals surface area contributed by atoms with Crippen LogP contribution < -0.4 is 5.32 Å². The van der Waals surface area contributed by atoms with E-state index in [9.17, 15) is 9.18 Å². The second-order valence-electron chi connectivity index (χ2n) is 4.73. The Morgan fingerprint density at radius 3 is 2.65 bits per heavy atom. The molecule has 0 aliphatic rings. The first-order chi connectivity index (χ1) is 9.58. The van der Waals surface area contributed by atoms with Gasteiger partial charge < -0.3 is 15.3 Å². The minimum Gasteiger partial charge on any atom is -0.478 e. The zero-order chi connectivity index (χ0) is 15.0. The van der Waals surface area contributed by atoms with Crippen molar-refractivity contribution in [1.29, 1.82) is 0 Å². The number of likely N-dealkylation sites (N-methyl/N-ethyl adjacent to an activating group) is 1.